The Labute approximate surface area is 120 Å². The fraction of sp³-hybridized carbons (Fsp3) is 0.571. The first-order valence-electron chi connectivity index (χ1n) is 7.05. The Hall–Kier alpha value is -1.11. The van der Waals surface area contributed by atoms with E-state index in [9.17, 15) is 8.42 Å². The number of ether oxygens (including phenoxy) is 1. The number of hydrogen-bond acceptors (Lipinski definition) is 4. The second-order valence-electron chi connectivity index (χ2n) is 5.03. The van der Waals surface area contributed by atoms with Crippen molar-refractivity contribution in [1.29, 1.82) is 0 Å². The van der Waals surface area contributed by atoms with Crippen LogP contribution in [0.25, 0.3) is 0 Å². The zero-order chi connectivity index (χ0) is 14.4. The highest BCUT2D eigenvalue weighted by atomic mass is 32.2. The van der Waals surface area contributed by atoms with Gasteiger partial charge in [-0.25, -0.2) is 13.1 Å². The minimum atomic E-state index is -3.42. The summed E-state index contributed by atoms with van der Waals surface area (Å²) in [7, 11) is -3.42. The van der Waals surface area contributed by atoms with Crippen molar-refractivity contribution in [2.45, 2.75) is 24.7 Å². The van der Waals surface area contributed by atoms with Gasteiger partial charge in [0.15, 0.2) is 0 Å². The highest BCUT2D eigenvalue weighted by Crippen LogP contribution is 2.16. The van der Waals surface area contributed by atoms with E-state index in [2.05, 4.69) is 10.0 Å². The maximum absolute atomic E-state index is 12.1. The average Bonchev–Trinajstić information content (AvgIpc) is 2.97. The van der Waals surface area contributed by atoms with Gasteiger partial charge in [0.2, 0.25) is 10.0 Å². The van der Waals surface area contributed by atoms with Gasteiger partial charge in [-0.1, -0.05) is 6.92 Å². The van der Waals surface area contributed by atoms with Gasteiger partial charge in [0.1, 0.15) is 5.75 Å². The molecule has 2 rings (SSSR count). The summed E-state index contributed by atoms with van der Waals surface area (Å²) in [6, 6.07) is 6.56. The fourth-order valence-corrected chi connectivity index (χ4v) is 3.25. The number of hydrogen-bond donors (Lipinski definition) is 2. The maximum Gasteiger partial charge on any atom is 0.240 e. The summed E-state index contributed by atoms with van der Waals surface area (Å²) >= 11 is 0. The van der Waals surface area contributed by atoms with Gasteiger partial charge in [-0.2, -0.15) is 0 Å². The van der Waals surface area contributed by atoms with Gasteiger partial charge in [-0.3, -0.25) is 0 Å². The molecule has 6 heteroatoms. The van der Waals surface area contributed by atoms with Crippen LogP contribution in [0.3, 0.4) is 0 Å². The van der Waals surface area contributed by atoms with E-state index >= 15 is 0 Å². The molecule has 1 aromatic rings. The topological polar surface area (TPSA) is 67.4 Å². The van der Waals surface area contributed by atoms with Crippen molar-refractivity contribution in [3.05, 3.63) is 24.3 Å². The molecule has 0 saturated carbocycles. The summed E-state index contributed by atoms with van der Waals surface area (Å²) in [6.07, 6.45) is 1.95. The molecule has 0 spiro atoms. The van der Waals surface area contributed by atoms with Crippen molar-refractivity contribution in [3.8, 4) is 5.75 Å². The number of sulfonamides is 1. The van der Waals surface area contributed by atoms with Gasteiger partial charge < -0.3 is 10.1 Å². The Morgan fingerprint density at radius 2 is 2.10 bits per heavy atom. The van der Waals surface area contributed by atoms with Crippen LogP contribution >= 0.6 is 0 Å². The molecule has 0 radical (unpaired) electrons. The Morgan fingerprint density at radius 1 is 1.35 bits per heavy atom. The second kappa shape index (κ2) is 7.06. The molecule has 1 saturated heterocycles. The van der Waals surface area contributed by atoms with Crippen molar-refractivity contribution < 1.29 is 13.2 Å². The van der Waals surface area contributed by atoms with Crippen LogP contribution in [0, 0.1) is 5.92 Å². The monoisotopic (exact) mass is 298 g/mol. The first kappa shape index (κ1) is 15.3. The zero-order valence-corrected chi connectivity index (χ0v) is 12.6. The Kier molecular flexibility index (Phi) is 5.39. The highest BCUT2D eigenvalue weighted by molar-refractivity contribution is 7.89. The summed E-state index contributed by atoms with van der Waals surface area (Å²) in [5.41, 5.74) is 0. The summed E-state index contributed by atoms with van der Waals surface area (Å²) in [4.78, 5) is 0.285. The lowest BCUT2D eigenvalue weighted by molar-refractivity contribution is 0.317. The van der Waals surface area contributed by atoms with Crippen LogP contribution in [0.2, 0.25) is 0 Å². The Balaban J connectivity index is 1.94. The van der Waals surface area contributed by atoms with E-state index in [4.69, 9.17) is 4.74 Å². The molecule has 0 amide bonds. The maximum atomic E-state index is 12.1. The molecular weight excluding hydrogens is 276 g/mol. The van der Waals surface area contributed by atoms with E-state index in [1.807, 2.05) is 6.92 Å². The first-order valence-corrected chi connectivity index (χ1v) is 8.53. The van der Waals surface area contributed by atoms with Crippen LogP contribution in [-0.2, 0) is 10.0 Å². The lowest BCUT2D eigenvalue weighted by atomic mass is 10.1. The van der Waals surface area contributed by atoms with E-state index in [0.29, 0.717) is 24.8 Å². The van der Waals surface area contributed by atoms with Crippen molar-refractivity contribution in [2.24, 2.45) is 5.92 Å². The molecular formula is C14H22N2O3S. The lowest BCUT2D eigenvalue weighted by Crippen LogP contribution is -2.30. The van der Waals surface area contributed by atoms with Crippen molar-refractivity contribution in [3.63, 3.8) is 0 Å². The molecule has 0 aromatic heterocycles. The van der Waals surface area contributed by atoms with E-state index in [1.165, 1.54) is 0 Å². The van der Waals surface area contributed by atoms with Crippen molar-refractivity contribution >= 4 is 10.0 Å². The van der Waals surface area contributed by atoms with Gasteiger partial charge in [-0.05, 0) is 56.1 Å². The standard InChI is InChI=1S/C14H22N2O3S/c1-2-9-19-13-3-5-14(6-4-13)20(17,18)16-11-12-7-8-15-10-12/h3-6,12,15-16H,2,7-11H2,1H3. The van der Waals surface area contributed by atoms with Gasteiger partial charge in [0.25, 0.3) is 0 Å². The third kappa shape index (κ3) is 4.19. The molecule has 1 aromatic carbocycles. The number of benzene rings is 1. The minimum Gasteiger partial charge on any atom is -0.494 e. The van der Waals surface area contributed by atoms with Gasteiger partial charge in [0.05, 0.1) is 11.5 Å². The summed E-state index contributed by atoms with van der Waals surface area (Å²) in [5, 5.41) is 3.22. The van der Waals surface area contributed by atoms with Crippen molar-refractivity contribution in [1.82, 2.24) is 10.0 Å². The molecule has 112 valence electrons. The molecule has 1 fully saturated rings. The van der Waals surface area contributed by atoms with Crippen LogP contribution in [0.1, 0.15) is 19.8 Å². The van der Waals surface area contributed by atoms with Crippen LogP contribution in [-0.4, -0.2) is 34.7 Å². The predicted molar refractivity (Wildman–Crippen MR) is 78.4 cm³/mol. The zero-order valence-electron chi connectivity index (χ0n) is 11.8. The van der Waals surface area contributed by atoms with Crippen molar-refractivity contribution in [2.75, 3.05) is 26.2 Å². The molecule has 1 aliphatic rings. The Bertz CT molecular complexity index is 508. The van der Waals surface area contributed by atoms with Crippen LogP contribution in [0.15, 0.2) is 29.2 Å². The smallest absolute Gasteiger partial charge is 0.240 e. The van der Waals surface area contributed by atoms with Gasteiger partial charge >= 0.3 is 0 Å². The van der Waals surface area contributed by atoms with Crippen LogP contribution < -0.4 is 14.8 Å². The third-order valence-electron chi connectivity index (χ3n) is 3.33. The quantitative estimate of drug-likeness (QED) is 0.798. The number of nitrogens with one attached hydrogen (secondary N) is 2. The molecule has 1 aliphatic heterocycles. The first-order chi connectivity index (χ1) is 9.62. The molecule has 0 bridgehead atoms. The molecule has 0 aliphatic carbocycles. The van der Waals surface area contributed by atoms with Gasteiger partial charge in [-0.15, -0.1) is 0 Å². The minimum absolute atomic E-state index is 0.285. The lowest BCUT2D eigenvalue weighted by Gasteiger charge is -2.11. The Morgan fingerprint density at radius 3 is 2.70 bits per heavy atom. The fourth-order valence-electron chi connectivity index (χ4n) is 2.13. The molecule has 2 N–H and O–H groups in total. The highest BCUT2D eigenvalue weighted by Gasteiger charge is 2.19. The van der Waals surface area contributed by atoms with Crippen LogP contribution in [0.5, 0.6) is 5.75 Å². The molecule has 1 heterocycles. The molecule has 5 nitrogen and oxygen atoms in total. The SMILES string of the molecule is CCCOc1ccc(S(=O)(=O)NCC2CCNC2)cc1. The third-order valence-corrected chi connectivity index (χ3v) is 4.77. The van der Waals surface area contributed by atoms with E-state index in [0.717, 1.165) is 25.9 Å². The van der Waals surface area contributed by atoms with Gasteiger partial charge in [0, 0.05) is 6.54 Å². The summed E-state index contributed by atoms with van der Waals surface area (Å²) in [5.74, 6) is 1.09. The predicted octanol–water partition coefficient (Wildman–Crippen LogP) is 1.36. The van der Waals surface area contributed by atoms with E-state index < -0.39 is 10.0 Å². The van der Waals surface area contributed by atoms with E-state index in [1.54, 1.807) is 24.3 Å². The molecule has 1 atom stereocenters. The summed E-state index contributed by atoms with van der Waals surface area (Å²) < 4.78 is 32.4. The average molecular weight is 298 g/mol. The molecule has 1 unspecified atom stereocenters. The van der Waals surface area contributed by atoms with Crippen LogP contribution in [0.4, 0.5) is 0 Å². The molecule has 20 heavy (non-hydrogen) atoms. The normalized spacial score (nSPS) is 19.1. The second-order valence-corrected chi connectivity index (χ2v) is 6.80. The summed E-state index contributed by atoms with van der Waals surface area (Å²) in [6.45, 7) is 5.01. The number of rotatable bonds is 7. The largest absolute Gasteiger partial charge is 0.494 e. The van der Waals surface area contributed by atoms with E-state index in [-0.39, 0.29) is 4.90 Å².